The zero-order chi connectivity index (χ0) is 18.1. The SMILES string of the molecule is [2H]C1N(c2ccccc2)C(C2CCCCC2)[C@H](C)N1c1ccccc1C. The van der Waals surface area contributed by atoms with Gasteiger partial charge in [0.1, 0.15) is 0 Å². The summed E-state index contributed by atoms with van der Waals surface area (Å²) in [7, 11) is 0. The number of para-hydroxylation sites is 2. The minimum absolute atomic E-state index is 0.335. The third-order valence-corrected chi connectivity index (χ3v) is 6.08. The van der Waals surface area contributed by atoms with Crippen LogP contribution in [0, 0.1) is 12.8 Å². The second kappa shape index (κ2) is 7.11. The summed E-state index contributed by atoms with van der Waals surface area (Å²) >= 11 is 0. The van der Waals surface area contributed by atoms with E-state index in [0.29, 0.717) is 18.0 Å². The van der Waals surface area contributed by atoms with Crippen molar-refractivity contribution in [2.75, 3.05) is 16.4 Å². The normalized spacial score (nSPS) is 28.2. The Kier molecular flexibility index (Phi) is 4.35. The van der Waals surface area contributed by atoms with Gasteiger partial charge in [0.15, 0.2) is 0 Å². The predicted octanol–water partition coefficient (Wildman–Crippen LogP) is 5.62. The van der Waals surface area contributed by atoms with Crippen molar-refractivity contribution in [3.05, 3.63) is 60.2 Å². The van der Waals surface area contributed by atoms with Gasteiger partial charge in [-0.25, -0.2) is 0 Å². The highest BCUT2D eigenvalue weighted by Gasteiger charge is 2.42. The van der Waals surface area contributed by atoms with E-state index in [2.05, 4.69) is 78.2 Å². The summed E-state index contributed by atoms with van der Waals surface area (Å²) in [4.78, 5) is 4.72. The van der Waals surface area contributed by atoms with Crippen molar-refractivity contribution in [3.8, 4) is 0 Å². The van der Waals surface area contributed by atoms with Crippen LogP contribution in [0.2, 0.25) is 0 Å². The van der Waals surface area contributed by atoms with E-state index < -0.39 is 0 Å². The standard InChI is InChI=1S/C23H30N2/c1-18-11-9-10-16-22(18)24-17-25(21-14-7-4-8-15-21)23(19(24)2)20-12-5-3-6-13-20/h4,7-11,14-16,19-20,23H,3,5-6,12-13,17H2,1-2H3/t19-,23?/m0/s1/i17D/t17?,19-,23?. The lowest BCUT2D eigenvalue weighted by atomic mass is 9.81. The van der Waals surface area contributed by atoms with Gasteiger partial charge in [-0.3, -0.25) is 0 Å². The predicted molar refractivity (Wildman–Crippen MR) is 107 cm³/mol. The molecule has 4 rings (SSSR count). The van der Waals surface area contributed by atoms with Crippen LogP contribution in [0.1, 0.15) is 46.0 Å². The van der Waals surface area contributed by atoms with Gasteiger partial charge >= 0.3 is 0 Å². The summed E-state index contributed by atoms with van der Waals surface area (Å²) < 4.78 is 9.15. The fourth-order valence-corrected chi connectivity index (χ4v) is 4.78. The highest BCUT2D eigenvalue weighted by molar-refractivity contribution is 5.60. The van der Waals surface area contributed by atoms with Crippen molar-refractivity contribution in [1.29, 1.82) is 0 Å². The average molecular weight is 336 g/mol. The Labute approximate surface area is 153 Å². The Morgan fingerprint density at radius 3 is 2.28 bits per heavy atom. The quantitative estimate of drug-likeness (QED) is 0.718. The third-order valence-electron chi connectivity index (χ3n) is 6.08. The fourth-order valence-electron chi connectivity index (χ4n) is 4.78. The summed E-state index contributed by atoms with van der Waals surface area (Å²) in [6.45, 7) is 4.12. The molecule has 0 spiro atoms. The van der Waals surface area contributed by atoms with Crippen molar-refractivity contribution in [1.82, 2.24) is 0 Å². The number of nitrogens with zero attached hydrogens (tertiary/aromatic N) is 2. The molecule has 2 fully saturated rings. The molecule has 2 aliphatic rings. The molecular formula is C23H30N2. The van der Waals surface area contributed by atoms with E-state index in [-0.39, 0.29) is 6.64 Å². The number of hydrogen-bond donors (Lipinski definition) is 0. The lowest BCUT2D eigenvalue weighted by Gasteiger charge is -2.36. The summed E-state index contributed by atoms with van der Waals surface area (Å²) in [6.07, 6.45) is 6.64. The molecule has 2 aromatic carbocycles. The molecule has 2 nitrogen and oxygen atoms in total. The van der Waals surface area contributed by atoms with Crippen molar-refractivity contribution < 1.29 is 1.37 Å². The number of benzene rings is 2. The highest BCUT2D eigenvalue weighted by Crippen LogP contribution is 2.40. The van der Waals surface area contributed by atoms with E-state index in [4.69, 9.17) is 1.37 Å². The van der Waals surface area contributed by atoms with Gasteiger partial charge in [0.25, 0.3) is 0 Å². The Morgan fingerprint density at radius 1 is 0.880 bits per heavy atom. The second-order valence-electron chi connectivity index (χ2n) is 7.68. The van der Waals surface area contributed by atoms with Gasteiger partial charge in [0.05, 0.1) is 14.1 Å². The molecule has 1 aliphatic heterocycles. The molecule has 3 atom stereocenters. The Morgan fingerprint density at radius 2 is 1.56 bits per heavy atom. The number of hydrogen-bond acceptors (Lipinski definition) is 2. The molecule has 0 amide bonds. The molecule has 2 aromatic rings. The largest absolute Gasteiger partial charge is 0.349 e. The van der Waals surface area contributed by atoms with E-state index in [1.165, 1.54) is 49.0 Å². The van der Waals surface area contributed by atoms with Gasteiger partial charge in [0, 0.05) is 17.4 Å². The van der Waals surface area contributed by atoms with Crippen molar-refractivity contribution in [3.63, 3.8) is 0 Å². The Balaban J connectivity index is 1.75. The molecule has 0 radical (unpaired) electrons. The zero-order valence-electron chi connectivity index (χ0n) is 16.4. The van der Waals surface area contributed by atoms with Crippen LogP contribution in [0.15, 0.2) is 54.6 Å². The van der Waals surface area contributed by atoms with Crippen LogP contribution in [0.3, 0.4) is 0 Å². The minimum atomic E-state index is -0.375. The van der Waals surface area contributed by atoms with Gasteiger partial charge in [-0.2, -0.15) is 0 Å². The molecule has 25 heavy (non-hydrogen) atoms. The van der Waals surface area contributed by atoms with Gasteiger partial charge in [-0.1, -0.05) is 55.7 Å². The topological polar surface area (TPSA) is 6.48 Å². The molecule has 0 aromatic heterocycles. The van der Waals surface area contributed by atoms with E-state index >= 15 is 0 Å². The highest BCUT2D eigenvalue weighted by atomic mass is 15.4. The summed E-state index contributed by atoms with van der Waals surface area (Å²) in [6, 6.07) is 19.9. The molecule has 1 saturated carbocycles. The first-order valence-electron chi connectivity index (χ1n) is 10.4. The first-order valence-corrected chi connectivity index (χ1v) is 9.78. The van der Waals surface area contributed by atoms with E-state index in [1.807, 2.05) is 0 Å². The Bertz CT molecular complexity index is 726. The first-order chi connectivity index (χ1) is 12.7. The molecule has 1 saturated heterocycles. The second-order valence-corrected chi connectivity index (χ2v) is 7.68. The smallest absolute Gasteiger partial charge is 0.0910 e. The summed E-state index contributed by atoms with van der Waals surface area (Å²) in [5.41, 5.74) is 3.65. The molecule has 1 heterocycles. The number of anilines is 2. The van der Waals surface area contributed by atoms with Crippen LogP contribution in [-0.4, -0.2) is 18.7 Å². The van der Waals surface area contributed by atoms with Gasteiger partial charge in [-0.05, 0) is 56.4 Å². The molecular weight excluding hydrogens is 304 g/mol. The molecule has 0 bridgehead atoms. The van der Waals surface area contributed by atoms with Crippen molar-refractivity contribution >= 4 is 11.4 Å². The van der Waals surface area contributed by atoms with E-state index in [0.717, 1.165) is 0 Å². The maximum atomic E-state index is 9.15. The maximum absolute atomic E-state index is 9.15. The van der Waals surface area contributed by atoms with Crippen LogP contribution in [-0.2, 0) is 0 Å². The van der Waals surface area contributed by atoms with Crippen LogP contribution < -0.4 is 9.80 Å². The van der Waals surface area contributed by atoms with Crippen LogP contribution >= 0.6 is 0 Å². The van der Waals surface area contributed by atoms with Crippen LogP contribution in [0.5, 0.6) is 0 Å². The van der Waals surface area contributed by atoms with Crippen molar-refractivity contribution in [2.45, 2.75) is 58.0 Å². The molecule has 1 aliphatic carbocycles. The average Bonchev–Trinajstić information content (AvgIpc) is 2.94. The molecule has 0 N–H and O–H groups in total. The zero-order valence-corrected chi connectivity index (χ0v) is 15.4. The van der Waals surface area contributed by atoms with E-state index in [1.54, 1.807) is 0 Å². The number of aryl methyl sites for hydroxylation is 1. The van der Waals surface area contributed by atoms with Gasteiger partial charge < -0.3 is 9.80 Å². The fraction of sp³-hybridized carbons (Fsp3) is 0.478. The van der Waals surface area contributed by atoms with Gasteiger partial charge in [-0.15, -0.1) is 0 Å². The summed E-state index contributed by atoms with van der Waals surface area (Å²) in [5, 5.41) is 0. The van der Waals surface area contributed by atoms with E-state index in [9.17, 15) is 0 Å². The first kappa shape index (κ1) is 15.3. The lowest BCUT2D eigenvalue weighted by molar-refractivity contribution is 0.293. The lowest BCUT2D eigenvalue weighted by Crippen LogP contribution is -2.42. The summed E-state index contributed by atoms with van der Waals surface area (Å²) in [5.74, 6) is 0.681. The molecule has 2 heteroatoms. The Hall–Kier alpha value is -1.96. The van der Waals surface area contributed by atoms with Crippen LogP contribution in [0.25, 0.3) is 0 Å². The molecule has 2 unspecified atom stereocenters. The number of rotatable bonds is 3. The monoisotopic (exact) mass is 335 g/mol. The van der Waals surface area contributed by atoms with Gasteiger partial charge in [0.2, 0.25) is 0 Å². The van der Waals surface area contributed by atoms with Crippen LogP contribution in [0.4, 0.5) is 11.4 Å². The maximum Gasteiger partial charge on any atom is 0.0910 e. The minimum Gasteiger partial charge on any atom is -0.349 e. The van der Waals surface area contributed by atoms with Crippen molar-refractivity contribution in [2.24, 2.45) is 5.92 Å². The third kappa shape index (κ3) is 3.15. The molecule has 132 valence electrons.